The number of hydrogen-bond acceptors (Lipinski definition) is 3. The van der Waals surface area contributed by atoms with E-state index < -0.39 is 15.9 Å². The van der Waals surface area contributed by atoms with Gasteiger partial charge in [-0.25, -0.2) is 8.42 Å². The van der Waals surface area contributed by atoms with Crippen LogP contribution < -0.4 is 0 Å². The molecule has 24 heavy (non-hydrogen) atoms. The van der Waals surface area contributed by atoms with Crippen LogP contribution in [0, 0.1) is 0 Å². The van der Waals surface area contributed by atoms with Gasteiger partial charge in [0.1, 0.15) is 0 Å². The topological polar surface area (TPSA) is 54.4 Å². The number of aliphatic hydroxyl groups excluding tert-OH is 1. The molecule has 138 valence electrons. The number of sulfone groups is 1. The van der Waals surface area contributed by atoms with Crippen molar-refractivity contribution in [2.45, 2.75) is 77.2 Å². The minimum absolute atomic E-state index is 0.172. The van der Waals surface area contributed by atoms with Crippen molar-refractivity contribution in [3.63, 3.8) is 0 Å². The lowest BCUT2D eigenvalue weighted by atomic mass is 10.1. The molecule has 1 aromatic carbocycles. The number of rotatable bonds is 14. The van der Waals surface area contributed by atoms with E-state index in [2.05, 4.69) is 6.92 Å². The zero-order chi connectivity index (χ0) is 17.7. The summed E-state index contributed by atoms with van der Waals surface area (Å²) in [6, 6.07) is 9.01. The molecule has 0 aliphatic rings. The first kappa shape index (κ1) is 21.2. The van der Waals surface area contributed by atoms with Crippen LogP contribution in [-0.4, -0.2) is 25.0 Å². The van der Waals surface area contributed by atoms with Crippen LogP contribution in [0.3, 0.4) is 0 Å². The van der Waals surface area contributed by atoms with E-state index in [9.17, 15) is 13.5 Å². The fraction of sp³-hybridized carbons (Fsp3) is 0.700. The second kappa shape index (κ2) is 12.5. The average Bonchev–Trinajstić information content (AvgIpc) is 2.57. The number of aliphatic hydroxyl groups is 1. The van der Waals surface area contributed by atoms with Crippen molar-refractivity contribution in [1.82, 2.24) is 0 Å². The van der Waals surface area contributed by atoms with Crippen LogP contribution in [-0.2, 0) is 9.84 Å². The molecule has 4 heteroatoms. The van der Waals surface area contributed by atoms with E-state index in [0.29, 0.717) is 12.0 Å². The van der Waals surface area contributed by atoms with Crippen molar-refractivity contribution in [3.8, 4) is 0 Å². The Kier molecular flexibility index (Phi) is 11.0. The molecule has 0 heterocycles. The zero-order valence-electron chi connectivity index (χ0n) is 15.1. The van der Waals surface area contributed by atoms with Gasteiger partial charge in [-0.05, 0) is 12.0 Å². The fourth-order valence-corrected chi connectivity index (χ4v) is 4.39. The average molecular weight is 355 g/mol. The zero-order valence-corrected chi connectivity index (χ0v) is 15.9. The molecule has 0 spiro atoms. The Morgan fingerprint density at radius 2 is 1.33 bits per heavy atom. The van der Waals surface area contributed by atoms with E-state index in [1.54, 1.807) is 12.1 Å². The molecule has 0 aliphatic heterocycles. The van der Waals surface area contributed by atoms with Crippen molar-refractivity contribution >= 4 is 9.84 Å². The van der Waals surface area contributed by atoms with Gasteiger partial charge in [0.05, 0.1) is 17.6 Å². The van der Waals surface area contributed by atoms with Gasteiger partial charge < -0.3 is 5.11 Å². The van der Waals surface area contributed by atoms with Gasteiger partial charge in [-0.1, -0.05) is 95.0 Å². The summed E-state index contributed by atoms with van der Waals surface area (Å²) >= 11 is 0. The van der Waals surface area contributed by atoms with E-state index in [0.717, 1.165) is 12.8 Å². The van der Waals surface area contributed by atoms with Crippen molar-refractivity contribution in [1.29, 1.82) is 0 Å². The molecule has 0 unspecified atom stereocenters. The molecule has 0 aromatic heterocycles. The van der Waals surface area contributed by atoms with Gasteiger partial charge in [0.25, 0.3) is 0 Å². The van der Waals surface area contributed by atoms with Gasteiger partial charge in [0.15, 0.2) is 9.84 Å². The monoisotopic (exact) mass is 354 g/mol. The van der Waals surface area contributed by atoms with Crippen molar-refractivity contribution < 1.29 is 13.5 Å². The van der Waals surface area contributed by atoms with Crippen LogP contribution in [0.2, 0.25) is 0 Å². The third-order valence-electron chi connectivity index (χ3n) is 4.41. The predicted octanol–water partition coefficient (Wildman–Crippen LogP) is 5.06. The SMILES string of the molecule is CCCCCCCCCCCCS(=O)(=O)C[C@H](O)c1ccccc1. The normalized spacial score (nSPS) is 13.1. The lowest BCUT2D eigenvalue weighted by Gasteiger charge is -2.11. The number of benzene rings is 1. The molecular formula is C20H34O3S. The first-order valence-electron chi connectivity index (χ1n) is 9.48. The van der Waals surface area contributed by atoms with Gasteiger partial charge >= 0.3 is 0 Å². The molecule has 1 N–H and O–H groups in total. The van der Waals surface area contributed by atoms with Crippen LogP contribution in [0.1, 0.15) is 82.8 Å². The molecule has 0 aliphatic carbocycles. The van der Waals surface area contributed by atoms with Crippen LogP contribution in [0.5, 0.6) is 0 Å². The summed E-state index contributed by atoms with van der Waals surface area (Å²) < 4.78 is 24.2. The van der Waals surface area contributed by atoms with Gasteiger partial charge in [0.2, 0.25) is 0 Å². The molecule has 0 bridgehead atoms. The maximum absolute atomic E-state index is 12.1. The predicted molar refractivity (Wildman–Crippen MR) is 102 cm³/mol. The summed E-state index contributed by atoms with van der Waals surface area (Å²) in [5, 5.41) is 10.0. The molecular weight excluding hydrogens is 320 g/mol. The van der Waals surface area contributed by atoms with E-state index in [-0.39, 0.29) is 11.5 Å². The molecule has 3 nitrogen and oxygen atoms in total. The quantitative estimate of drug-likeness (QED) is 0.475. The number of hydrogen-bond donors (Lipinski definition) is 1. The molecule has 0 amide bonds. The second-order valence-corrected chi connectivity index (χ2v) is 8.95. The van der Waals surface area contributed by atoms with Gasteiger partial charge in [0, 0.05) is 0 Å². The molecule has 0 saturated heterocycles. The van der Waals surface area contributed by atoms with Gasteiger partial charge in [-0.15, -0.1) is 0 Å². The minimum atomic E-state index is -3.19. The summed E-state index contributed by atoms with van der Waals surface area (Å²) in [5.41, 5.74) is 0.671. The highest BCUT2D eigenvalue weighted by molar-refractivity contribution is 7.91. The summed E-state index contributed by atoms with van der Waals surface area (Å²) in [7, 11) is -3.19. The van der Waals surface area contributed by atoms with E-state index in [4.69, 9.17) is 0 Å². The minimum Gasteiger partial charge on any atom is -0.387 e. The maximum Gasteiger partial charge on any atom is 0.153 e. The first-order valence-corrected chi connectivity index (χ1v) is 11.3. The molecule has 0 radical (unpaired) electrons. The van der Waals surface area contributed by atoms with Crippen molar-refractivity contribution in [3.05, 3.63) is 35.9 Å². The van der Waals surface area contributed by atoms with E-state index >= 15 is 0 Å². The smallest absolute Gasteiger partial charge is 0.153 e. The summed E-state index contributed by atoms with van der Waals surface area (Å²) in [4.78, 5) is 0. The highest BCUT2D eigenvalue weighted by atomic mass is 32.2. The van der Waals surface area contributed by atoms with E-state index in [1.807, 2.05) is 18.2 Å². The Hall–Kier alpha value is -0.870. The largest absolute Gasteiger partial charge is 0.387 e. The molecule has 1 aromatic rings. The summed E-state index contributed by atoms with van der Waals surface area (Å²) in [5.74, 6) is 0.0157. The summed E-state index contributed by atoms with van der Waals surface area (Å²) in [6.45, 7) is 2.23. The Bertz CT molecular complexity index is 511. The molecule has 0 fully saturated rings. The summed E-state index contributed by atoms with van der Waals surface area (Å²) in [6.07, 6.45) is 11.0. The van der Waals surface area contributed by atoms with E-state index in [1.165, 1.54) is 44.9 Å². The highest BCUT2D eigenvalue weighted by Crippen LogP contribution is 2.16. The molecule has 1 rings (SSSR count). The highest BCUT2D eigenvalue weighted by Gasteiger charge is 2.18. The maximum atomic E-state index is 12.1. The lowest BCUT2D eigenvalue weighted by molar-refractivity contribution is 0.201. The van der Waals surface area contributed by atoms with Crippen LogP contribution in [0.4, 0.5) is 0 Å². The van der Waals surface area contributed by atoms with Gasteiger partial charge in [-0.3, -0.25) is 0 Å². The van der Waals surface area contributed by atoms with Crippen molar-refractivity contribution in [2.75, 3.05) is 11.5 Å². The third-order valence-corrected chi connectivity index (χ3v) is 6.14. The van der Waals surface area contributed by atoms with Crippen molar-refractivity contribution in [2.24, 2.45) is 0 Å². The Labute approximate surface area is 148 Å². The Balaban J connectivity index is 2.09. The fourth-order valence-electron chi connectivity index (χ4n) is 2.90. The Morgan fingerprint density at radius 1 is 0.833 bits per heavy atom. The lowest BCUT2D eigenvalue weighted by Crippen LogP contribution is -2.17. The first-order chi connectivity index (χ1) is 11.5. The third kappa shape index (κ3) is 10.1. The standard InChI is InChI=1S/C20H34O3S/c1-2-3-4-5-6-7-8-9-10-14-17-24(22,23)18-20(21)19-15-12-11-13-16-19/h11-13,15-16,20-21H,2-10,14,17-18H2,1H3/t20-/m0/s1. The van der Waals surface area contributed by atoms with Gasteiger partial charge in [-0.2, -0.15) is 0 Å². The molecule has 0 saturated carbocycles. The van der Waals surface area contributed by atoms with Crippen LogP contribution in [0.25, 0.3) is 0 Å². The number of unbranched alkanes of at least 4 members (excludes halogenated alkanes) is 9. The Morgan fingerprint density at radius 3 is 1.88 bits per heavy atom. The molecule has 1 atom stereocenters. The van der Waals surface area contributed by atoms with Crippen LogP contribution >= 0.6 is 0 Å². The van der Waals surface area contributed by atoms with Crippen LogP contribution in [0.15, 0.2) is 30.3 Å². The second-order valence-electron chi connectivity index (χ2n) is 6.72.